The molecule has 0 aliphatic heterocycles. The van der Waals surface area contributed by atoms with E-state index in [0.717, 1.165) is 12.8 Å². The minimum atomic E-state index is -0.552. The van der Waals surface area contributed by atoms with Crippen molar-refractivity contribution in [2.75, 3.05) is 29.0 Å². The lowest BCUT2D eigenvalue weighted by Gasteiger charge is -2.24. The van der Waals surface area contributed by atoms with Crippen LogP contribution in [-0.2, 0) is 11.3 Å². The van der Waals surface area contributed by atoms with Gasteiger partial charge in [0.05, 0.1) is 10.7 Å². The number of aromatic amines is 1. The highest BCUT2D eigenvalue weighted by molar-refractivity contribution is 6.33. The maximum Gasteiger partial charge on any atom is 0.330 e. The van der Waals surface area contributed by atoms with Gasteiger partial charge >= 0.3 is 5.69 Å². The maximum absolute atomic E-state index is 12.4. The van der Waals surface area contributed by atoms with E-state index in [0.29, 0.717) is 23.8 Å². The van der Waals surface area contributed by atoms with E-state index in [1.807, 2.05) is 13.8 Å². The Hall–Kier alpha value is -2.74. The third-order valence-corrected chi connectivity index (χ3v) is 4.73. The monoisotopic (exact) mass is 407 g/mol. The summed E-state index contributed by atoms with van der Waals surface area (Å²) in [6.45, 7) is 5.01. The summed E-state index contributed by atoms with van der Waals surface area (Å²) in [5.74, 6) is -0.114. The van der Waals surface area contributed by atoms with Crippen molar-refractivity contribution in [3.05, 3.63) is 50.1 Å². The number of rotatable bonds is 9. The molecule has 0 spiro atoms. The standard InChI is InChI=1S/C19H26ClN5O3/c1-3-5-11-25-17(21)16(18(27)23-19(25)28)24(4-2)12-10-15(26)22-14-9-7-6-8-13(14)20/h6-9H,3-5,10-12,21H2,1-2H3,(H,22,26)(H,23,27,28). The Labute approximate surface area is 168 Å². The average Bonchev–Trinajstić information content (AvgIpc) is 2.65. The van der Waals surface area contributed by atoms with Crippen molar-refractivity contribution in [3.8, 4) is 0 Å². The Balaban J connectivity index is 2.17. The number of hydrogen-bond donors (Lipinski definition) is 3. The molecular formula is C19H26ClN5O3. The summed E-state index contributed by atoms with van der Waals surface area (Å²) in [6, 6.07) is 6.96. The summed E-state index contributed by atoms with van der Waals surface area (Å²) in [4.78, 5) is 40.7. The summed E-state index contributed by atoms with van der Waals surface area (Å²) in [7, 11) is 0. The highest BCUT2D eigenvalue weighted by atomic mass is 35.5. The molecule has 0 saturated carbocycles. The Morgan fingerprint density at radius 1 is 1.29 bits per heavy atom. The lowest BCUT2D eigenvalue weighted by atomic mass is 10.2. The van der Waals surface area contributed by atoms with Crippen molar-refractivity contribution >= 4 is 34.7 Å². The molecule has 1 aromatic carbocycles. The molecule has 0 atom stereocenters. The smallest absolute Gasteiger partial charge is 0.330 e. The third-order valence-electron chi connectivity index (χ3n) is 4.40. The zero-order chi connectivity index (χ0) is 20.7. The molecule has 1 aromatic heterocycles. The van der Waals surface area contributed by atoms with E-state index < -0.39 is 11.2 Å². The first-order chi connectivity index (χ1) is 13.4. The van der Waals surface area contributed by atoms with Gasteiger partial charge in [-0.2, -0.15) is 0 Å². The van der Waals surface area contributed by atoms with Crippen LogP contribution in [0.4, 0.5) is 17.2 Å². The predicted molar refractivity (Wildman–Crippen MR) is 113 cm³/mol. The minimum Gasteiger partial charge on any atom is -0.383 e. The second-order valence-electron chi connectivity index (χ2n) is 6.36. The molecule has 8 nitrogen and oxygen atoms in total. The number of carbonyl (C=O) groups excluding carboxylic acids is 1. The molecule has 0 aliphatic rings. The van der Waals surface area contributed by atoms with E-state index >= 15 is 0 Å². The number of anilines is 3. The van der Waals surface area contributed by atoms with Crippen molar-refractivity contribution in [1.29, 1.82) is 0 Å². The summed E-state index contributed by atoms with van der Waals surface area (Å²) in [5, 5.41) is 3.20. The molecule has 0 radical (unpaired) electrons. The van der Waals surface area contributed by atoms with Crippen LogP contribution in [0.15, 0.2) is 33.9 Å². The average molecular weight is 408 g/mol. The molecule has 28 heavy (non-hydrogen) atoms. The van der Waals surface area contributed by atoms with Gasteiger partial charge in [-0.25, -0.2) is 4.79 Å². The molecule has 152 valence electrons. The number of nitrogens with one attached hydrogen (secondary N) is 2. The van der Waals surface area contributed by atoms with Gasteiger partial charge in [0.15, 0.2) is 0 Å². The van der Waals surface area contributed by atoms with Gasteiger partial charge in [-0.1, -0.05) is 37.1 Å². The molecular weight excluding hydrogens is 382 g/mol. The lowest BCUT2D eigenvalue weighted by molar-refractivity contribution is -0.116. The zero-order valence-electron chi connectivity index (χ0n) is 16.1. The highest BCUT2D eigenvalue weighted by Crippen LogP contribution is 2.21. The first-order valence-electron chi connectivity index (χ1n) is 9.30. The molecule has 9 heteroatoms. The zero-order valence-corrected chi connectivity index (χ0v) is 16.9. The fourth-order valence-corrected chi connectivity index (χ4v) is 3.04. The second-order valence-corrected chi connectivity index (χ2v) is 6.76. The van der Waals surface area contributed by atoms with Crippen LogP contribution in [0.25, 0.3) is 0 Å². The number of hydrogen-bond acceptors (Lipinski definition) is 5. The molecule has 2 rings (SSSR count). The quantitative estimate of drug-likeness (QED) is 0.590. The topological polar surface area (TPSA) is 113 Å². The minimum absolute atomic E-state index is 0.121. The number of para-hydroxylation sites is 1. The Morgan fingerprint density at radius 3 is 2.64 bits per heavy atom. The first-order valence-corrected chi connectivity index (χ1v) is 9.68. The van der Waals surface area contributed by atoms with E-state index in [-0.39, 0.29) is 30.4 Å². The van der Waals surface area contributed by atoms with E-state index in [1.165, 1.54) is 4.57 Å². The van der Waals surface area contributed by atoms with Crippen LogP contribution in [0.5, 0.6) is 0 Å². The second kappa shape index (κ2) is 9.98. The van der Waals surface area contributed by atoms with Crippen molar-refractivity contribution in [2.24, 2.45) is 0 Å². The summed E-state index contributed by atoms with van der Waals surface area (Å²) >= 11 is 6.05. The molecule has 2 aromatic rings. The number of amides is 1. The van der Waals surface area contributed by atoms with E-state index in [9.17, 15) is 14.4 Å². The number of halogens is 1. The largest absolute Gasteiger partial charge is 0.383 e. The number of H-pyrrole nitrogens is 1. The molecule has 0 unspecified atom stereocenters. The van der Waals surface area contributed by atoms with Gasteiger partial charge in [0, 0.05) is 26.1 Å². The van der Waals surface area contributed by atoms with Crippen molar-refractivity contribution in [3.63, 3.8) is 0 Å². The fraction of sp³-hybridized carbons (Fsp3) is 0.421. The van der Waals surface area contributed by atoms with Crippen LogP contribution in [0.2, 0.25) is 5.02 Å². The number of aromatic nitrogens is 2. The number of nitrogen functional groups attached to an aromatic ring is 1. The van der Waals surface area contributed by atoms with Crippen LogP contribution < -0.4 is 27.2 Å². The van der Waals surface area contributed by atoms with E-state index in [2.05, 4.69) is 10.3 Å². The van der Waals surface area contributed by atoms with Crippen molar-refractivity contribution < 1.29 is 4.79 Å². The van der Waals surface area contributed by atoms with Crippen LogP contribution in [0, 0.1) is 0 Å². The Kier molecular flexibility index (Phi) is 7.69. The predicted octanol–water partition coefficient (Wildman–Crippen LogP) is 2.43. The molecule has 4 N–H and O–H groups in total. The van der Waals surface area contributed by atoms with Crippen LogP contribution in [0.1, 0.15) is 33.1 Å². The lowest BCUT2D eigenvalue weighted by Crippen LogP contribution is -2.39. The summed E-state index contributed by atoms with van der Waals surface area (Å²) in [5.41, 5.74) is 5.80. The maximum atomic E-state index is 12.4. The van der Waals surface area contributed by atoms with Gasteiger partial charge in [0.2, 0.25) is 5.91 Å². The van der Waals surface area contributed by atoms with Crippen LogP contribution in [0.3, 0.4) is 0 Å². The highest BCUT2D eigenvalue weighted by Gasteiger charge is 2.18. The van der Waals surface area contributed by atoms with Crippen LogP contribution >= 0.6 is 11.6 Å². The van der Waals surface area contributed by atoms with E-state index in [4.69, 9.17) is 17.3 Å². The van der Waals surface area contributed by atoms with Gasteiger partial charge in [-0.15, -0.1) is 0 Å². The first kappa shape index (κ1) is 21.6. The molecule has 0 bridgehead atoms. The molecule has 1 heterocycles. The molecule has 1 amide bonds. The fourth-order valence-electron chi connectivity index (χ4n) is 2.86. The van der Waals surface area contributed by atoms with Gasteiger partial charge in [0.25, 0.3) is 5.56 Å². The van der Waals surface area contributed by atoms with Gasteiger partial charge < -0.3 is 16.0 Å². The van der Waals surface area contributed by atoms with Crippen molar-refractivity contribution in [1.82, 2.24) is 9.55 Å². The molecule has 0 saturated heterocycles. The number of unbranched alkanes of at least 4 members (excludes halogenated alkanes) is 1. The number of nitrogens with two attached hydrogens (primary N) is 1. The van der Waals surface area contributed by atoms with Gasteiger partial charge in [-0.3, -0.25) is 19.1 Å². The van der Waals surface area contributed by atoms with Gasteiger partial charge in [-0.05, 0) is 25.5 Å². The summed E-state index contributed by atoms with van der Waals surface area (Å²) in [6.07, 6.45) is 1.79. The Morgan fingerprint density at radius 2 is 2.00 bits per heavy atom. The molecule has 0 aliphatic carbocycles. The van der Waals surface area contributed by atoms with Gasteiger partial charge in [0.1, 0.15) is 11.5 Å². The summed E-state index contributed by atoms with van der Waals surface area (Å²) < 4.78 is 1.37. The Bertz CT molecular complexity index is 938. The molecule has 0 fully saturated rings. The number of carbonyl (C=O) groups is 1. The van der Waals surface area contributed by atoms with E-state index in [1.54, 1.807) is 29.2 Å². The third kappa shape index (κ3) is 5.16. The number of benzene rings is 1. The van der Waals surface area contributed by atoms with Crippen LogP contribution in [-0.4, -0.2) is 28.5 Å². The number of nitrogens with zero attached hydrogens (tertiary/aromatic N) is 2. The normalized spacial score (nSPS) is 10.7. The van der Waals surface area contributed by atoms with Crippen molar-refractivity contribution in [2.45, 2.75) is 39.7 Å². The SMILES string of the molecule is CCCCn1c(N)c(N(CC)CCC(=O)Nc2ccccc2Cl)c(=O)[nH]c1=O.